The molecule has 2 atom stereocenters. The Kier molecular flexibility index (Phi) is 5.31. The van der Waals surface area contributed by atoms with Crippen molar-refractivity contribution in [2.45, 2.75) is 54.7 Å². The van der Waals surface area contributed by atoms with E-state index in [1.54, 1.807) is 0 Å². The second kappa shape index (κ2) is 7.41. The topological polar surface area (TPSA) is 30.5 Å². The highest BCUT2D eigenvalue weighted by atomic mass is 32.2. The zero-order valence-corrected chi connectivity index (χ0v) is 13.6. The molecular weight excluding hydrogens is 282 g/mol. The van der Waals surface area contributed by atoms with E-state index in [0.717, 1.165) is 31.1 Å². The van der Waals surface area contributed by atoms with Gasteiger partial charge in [0.25, 0.3) is 0 Å². The Balaban J connectivity index is 1.72. The molecular formula is C17H25NO2S. The maximum Gasteiger partial charge on any atom is 0.162 e. The molecule has 0 aromatic heterocycles. The fourth-order valence-corrected chi connectivity index (χ4v) is 4.53. The molecule has 116 valence electrons. The third-order valence-corrected chi connectivity index (χ3v) is 5.72. The Morgan fingerprint density at radius 3 is 2.67 bits per heavy atom. The molecule has 2 aliphatic rings. The van der Waals surface area contributed by atoms with Crippen molar-refractivity contribution in [1.82, 2.24) is 5.32 Å². The van der Waals surface area contributed by atoms with Crippen molar-refractivity contribution in [1.29, 1.82) is 0 Å². The molecule has 0 bridgehead atoms. The predicted molar refractivity (Wildman–Crippen MR) is 87.6 cm³/mol. The number of hydrogen-bond acceptors (Lipinski definition) is 4. The van der Waals surface area contributed by atoms with Crippen molar-refractivity contribution in [3.8, 4) is 11.5 Å². The Morgan fingerprint density at radius 2 is 1.81 bits per heavy atom. The fraction of sp³-hybridized carbons (Fsp3) is 0.647. The zero-order valence-electron chi connectivity index (χ0n) is 12.8. The monoisotopic (exact) mass is 307 g/mol. The lowest BCUT2D eigenvalue weighted by molar-refractivity contribution is 0.297. The molecule has 1 fully saturated rings. The van der Waals surface area contributed by atoms with Gasteiger partial charge < -0.3 is 14.8 Å². The molecule has 0 saturated heterocycles. The quantitative estimate of drug-likeness (QED) is 0.859. The summed E-state index contributed by atoms with van der Waals surface area (Å²) >= 11 is 1.99. The number of thioether (sulfide) groups is 1. The van der Waals surface area contributed by atoms with E-state index in [-0.39, 0.29) is 0 Å². The summed E-state index contributed by atoms with van der Waals surface area (Å²) in [5.74, 6) is 1.80. The molecule has 3 nitrogen and oxygen atoms in total. The van der Waals surface area contributed by atoms with Crippen LogP contribution in [0.15, 0.2) is 23.1 Å². The number of benzene rings is 1. The molecule has 1 aromatic carbocycles. The highest BCUT2D eigenvalue weighted by molar-refractivity contribution is 8.00. The van der Waals surface area contributed by atoms with Gasteiger partial charge in [0.1, 0.15) is 0 Å². The molecule has 0 radical (unpaired) electrons. The van der Waals surface area contributed by atoms with Crippen LogP contribution in [0.4, 0.5) is 0 Å². The van der Waals surface area contributed by atoms with Gasteiger partial charge in [-0.1, -0.05) is 19.3 Å². The summed E-state index contributed by atoms with van der Waals surface area (Å²) < 4.78 is 11.5. The first-order valence-corrected chi connectivity index (χ1v) is 8.98. The minimum absolute atomic E-state index is 0.619. The van der Waals surface area contributed by atoms with Crippen LogP contribution in [0.25, 0.3) is 0 Å². The van der Waals surface area contributed by atoms with E-state index < -0.39 is 0 Å². The molecule has 21 heavy (non-hydrogen) atoms. The van der Waals surface area contributed by atoms with Crippen molar-refractivity contribution in [3.05, 3.63) is 18.2 Å². The first kappa shape index (κ1) is 15.0. The molecule has 1 heterocycles. The van der Waals surface area contributed by atoms with Crippen LogP contribution in [0.1, 0.15) is 38.5 Å². The van der Waals surface area contributed by atoms with Crippen LogP contribution in [-0.2, 0) is 0 Å². The number of ether oxygens (including phenoxy) is 2. The predicted octanol–water partition coefficient (Wildman–Crippen LogP) is 3.86. The van der Waals surface area contributed by atoms with E-state index in [9.17, 15) is 0 Å². The Morgan fingerprint density at radius 1 is 1.00 bits per heavy atom. The normalized spacial score (nSPS) is 26.0. The summed E-state index contributed by atoms with van der Waals surface area (Å²) in [7, 11) is 2.09. The molecule has 1 N–H and O–H groups in total. The van der Waals surface area contributed by atoms with E-state index in [4.69, 9.17) is 9.47 Å². The van der Waals surface area contributed by atoms with Crippen LogP contribution >= 0.6 is 11.8 Å². The number of hydrogen-bond donors (Lipinski definition) is 1. The van der Waals surface area contributed by atoms with E-state index in [1.807, 2.05) is 11.8 Å². The Hall–Kier alpha value is -0.870. The van der Waals surface area contributed by atoms with Gasteiger partial charge in [0.05, 0.1) is 13.2 Å². The average Bonchev–Trinajstić information content (AvgIpc) is 2.87. The first-order chi connectivity index (χ1) is 10.4. The van der Waals surface area contributed by atoms with Crippen LogP contribution in [0, 0.1) is 0 Å². The minimum atomic E-state index is 0.619. The molecule has 3 rings (SSSR count). The zero-order chi connectivity index (χ0) is 14.5. The highest BCUT2D eigenvalue weighted by Crippen LogP contribution is 2.38. The van der Waals surface area contributed by atoms with E-state index >= 15 is 0 Å². The molecule has 0 amide bonds. The molecule has 0 spiro atoms. The maximum absolute atomic E-state index is 5.80. The summed E-state index contributed by atoms with van der Waals surface area (Å²) in [6.07, 6.45) is 7.62. The van der Waals surface area contributed by atoms with Crippen molar-refractivity contribution < 1.29 is 9.47 Å². The molecule has 4 heteroatoms. The second-order valence-corrected chi connectivity index (χ2v) is 7.16. The summed E-state index contributed by atoms with van der Waals surface area (Å²) in [4.78, 5) is 1.30. The van der Waals surface area contributed by atoms with Crippen LogP contribution in [-0.4, -0.2) is 31.6 Å². The lowest BCUT2D eigenvalue weighted by Gasteiger charge is -2.24. The van der Waals surface area contributed by atoms with E-state index in [2.05, 4.69) is 30.6 Å². The van der Waals surface area contributed by atoms with Crippen LogP contribution in [0.3, 0.4) is 0 Å². The molecule has 1 aliphatic carbocycles. The van der Waals surface area contributed by atoms with E-state index in [0.29, 0.717) is 11.3 Å². The fourth-order valence-electron chi connectivity index (χ4n) is 3.14. The SMILES string of the molecule is CNC1CCCCCC1Sc1ccc2c(c1)OCCCO2. The van der Waals surface area contributed by atoms with Crippen molar-refractivity contribution in [2.24, 2.45) is 0 Å². The average molecular weight is 307 g/mol. The van der Waals surface area contributed by atoms with Gasteiger partial charge >= 0.3 is 0 Å². The van der Waals surface area contributed by atoms with E-state index in [1.165, 1.54) is 37.0 Å². The summed E-state index contributed by atoms with van der Waals surface area (Å²) in [5.41, 5.74) is 0. The molecule has 2 unspecified atom stereocenters. The van der Waals surface area contributed by atoms with Gasteiger partial charge in [0.15, 0.2) is 11.5 Å². The lowest BCUT2D eigenvalue weighted by Crippen LogP contribution is -2.34. The number of nitrogens with one attached hydrogen (secondary N) is 1. The summed E-state index contributed by atoms with van der Waals surface area (Å²) in [5, 5.41) is 4.16. The van der Waals surface area contributed by atoms with Crippen molar-refractivity contribution in [2.75, 3.05) is 20.3 Å². The maximum atomic E-state index is 5.80. The van der Waals surface area contributed by atoms with Gasteiger partial charge in [-0.3, -0.25) is 0 Å². The first-order valence-electron chi connectivity index (χ1n) is 8.10. The summed E-state index contributed by atoms with van der Waals surface area (Å²) in [6.45, 7) is 1.51. The van der Waals surface area contributed by atoms with Crippen LogP contribution in [0.5, 0.6) is 11.5 Å². The Labute approximate surface area is 131 Å². The summed E-state index contributed by atoms with van der Waals surface area (Å²) in [6, 6.07) is 7.01. The van der Waals surface area contributed by atoms with Gasteiger partial charge in [-0.05, 0) is 38.1 Å². The molecule has 1 saturated carbocycles. The number of fused-ring (bicyclic) bond motifs is 1. The van der Waals surface area contributed by atoms with Crippen LogP contribution < -0.4 is 14.8 Å². The van der Waals surface area contributed by atoms with Crippen molar-refractivity contribution >= 4 is 11.8 Å². The minimum Gasteiger partial charge on any atom is -0.490 e. The van der Waals surface area contributed by atoms with Crippen molar-refractivity contribution in [3.63, 3.8) is 0 Å². The molecule has 1 aromatic rings. The number of rotatable bonds is 3. The van der Waals surface area contributed by atoms with Gasteiger partial charge in [0, 0.05) is 22.6 Å². The Bertz CT molecular complexity index is 466. The second-order valence-electron chi connectivity index (χ2n) is 5.85. The van der Waals surface area contributed by atoms with Crippen LogP contribution in [0.2, 0.25) is 0 Å². The highest BCUT2D eigenvalue weighted by Gasteiger charge is 2.23. The third kappa shape index (κ3) is 3.86. The van der Waals surface area contributed by atoms with Gasteiger partial charge in [-0.2, -0.15) is 0 Å². The largest absolute Gasteiger partial charge is 0.490 e. The lowest BCUT2D eigenvalue weighted by atomic mass is 10.1. The standard InChI is InChI=1S/C17H25NO2S/c1-18-14-6-3-2-4-7-17(14)21-13-8-9-15-16(12-13)20-11-5-10-19-15/h8-9,12,14,17-18H,2-7,10-11H2,1H3. The van der Waals surface area contributed by atoms with Gasteiger partial charge in [-0.15, -0.1) is 11.8 Å². The molecule has 1 aliphatic heterocycles. The van der Waals surface area contributed by atoms with Gasteiger partial charge in [-0.25, -0.2) is 0 Å². The van der Waals surface area contributed by atoms with Gasteiger partial charge in [0.2, 0.25) is 0 Å². The third-order valence-electron chi connectivity index (χ3n) is 4.33. The smallest absolute Gasteiger partial charge is 0.162 e.